The molecule has 1 aromatic carbocycles. The van der Waals surface area contributed by atoms with Gasteiger partial charge >= 0.3 is 0 Å². The van der Waals surface area contributed by atoms with Gasteiger partial charge < -0.3 is 10.4 Å². The minimum absolute atomic E-state index is 0.0431. The van der Waals surface area contributed by atoms with Gasteiger partial charge in [0, 0.05) is 6.42 Å². The van der Waals surface area contributed by atoms with E-state index in [1.807, 2.05) is 0 Å². The molecule has 0 bridgehead atoms. The van der Waals surface area contributed by atoms with E-state index in [-0.39, 0.29) is 16.9 Å². The number of rotatable bonds is 1. The molecule has 1 unspecified atom stereocenters. The van der Waals surface area contributed by atoms with Crippen molar-refractivity contribution in [1.29, 1.82) is 0 Å². The maximum Gasteiger partial charge on any atom is 0.266 e. The first-order chi connectivity index (χ1) is 9.50. The molecule has 0 radical (unpaired) electrons. The molecule has 6 nitrogen and oxygen atoms in total. The standard InChI is InChI=1S/C13H10N2O4S/c16-8-3-1-2-6-10(8)13(19)15(12(6)18)7-4-5-9(20)14-11(7)17/h1-3,7,16H,4-5H2,(H,14,17,20). The summed E-state index contributed by atoms with van der Waals surface area (Å²) in [4.78, 5) is 37.8. The van der Waals surface area contributed by atoms with E-state index in [4.69, 9.17) is 12.2 Å². The molecule has 0 aliphatic carbocycles. The first kappa shape index (κ1) is 12.7. The van der Waals surface area contributed by atoms with Gasteiger partial charge in [-0.2, -0.15) is 0 Å². The lowest BCUT2D eigenvalue weighted by Gasteiger charge is -2.28. The van der Waals surface area contributed by atoms with E-state index in [0.717, 1.165) is 4.90 Å². The van der Waals surface area contributed by atoms with E-state index in [9.17, 15) is 19.5 Å². The predicted molar refractivity (Wildman–Crippen MR) is 72.4 cm³/mol. The molecule has 2 N–H and O–H groups in total. The van der Waals surface area contributed by atoms with Crippen molar-refractivity contribution in [3.63, 3.8) is 0 Å². The summed E-state index contributed by atoms with van der Waals surface area (Å²) in [5, 5.41) is 12.2. The highest BCUT2D eigenvalue weighted by Gasteiger charge is 2.45. The number of hydrogen-bond acceptors (Lipinski definition) is 5. The highest BCUT2D eigenvalue weighted by atomic mass is 32.1. The SMILES string of the molecule is O=C1NC(=S)CCC1N1C(=O)c2cccc(O)c2C1=O. The second-order valence-electron chi connectivity index (χ2n) is 4.65. The van der Waals surface area contributed by atoms with Gasteiger partial charge in [0.05, 0.1) is 16.1 Å². The van der Waals surface area contributed by atoms with Crippen LogP contribution in [0.25, 0.3) is 0 Å². The zero-order valence-electron chi connectivity index (χ0n) is 10.3. The van der Waals surface area contributed by atoms with Gasteiger partial charge in [-0.15, -0.1) is 0 Å². The van der Waals surface area contributed by atoms with Crippen LogP contribution in [0.3, 0.4) is 0 Å². The van der Waals surface area contributed by atoms with Crippen LogP contribution >= 0.6 is 12.2 Å². The number of imide groups is 1. The second-order valence-corrected chi connectivity index (χ2v) is 5.14. The third kappa shape index (κ3) is 1.70. The number of carbonyl (C=O) groups is 3. The fraction of sp³-hybridized carbons (Fsp3) is 0.231. The van der Waals surface area contributed by atoms with Crippen LogP contribution < -0.4 is 5.32 Å². The van der Waals surface area contributed by atoms with Crippen molar-refractivity contribution in [2.45, 2.75) is 18.9 Å². The molecule has 0 saturated carbocycles. The van der Waals surface area contributed by atoms with Crippen molar-refractivity contribution in [2.75, 3.05) is 0 Å². The molecule has 7 heteroatoms. The summed E-state index contributed by atoms with van der Waals surface area (Å²) < 4.78 is 0. The maximum absolute atomic E-state index is 12.3. The summed E-state index contributed by atoms with van der Waals surface area (Å²) >= 11 is 4.90. The Morgan fingerprint density at radius 3 is 2.65 bits per heavy atom. The van der Waals surface area contributed by atoms with Crippen LogP contribution in [0.2, 0.25) is 0 Å². The van der Waals surface area contributed by atoms with Crippen LogP contribution in [-0.4, -0.2) is 38.8 Å². The molecule has 1 fully saturated rings. The van der Waals surface area contributed by atoms with E-state index in [0.29, 0.717) is 17.8 Å². The number of thiocarbonyl (C=S) groups is 1. The van der Waals surface area contributed by atoms with Crippen LogP contribution in [0, 0.1) is 0 Å². The zero-order chi connectivity index (χ0) is 14.4. The molecule has 2 aliphatic rings. The molecule has 2 heterocycles. The summed E-state index contributed by atoms with van der Waals surface area (Å²) in [5.74, 6) is -1.92. The number of nitrogens with one attached hydrogen (secondary N) is 1. The molecule has 1 saturated heterocycles. The van der Waals surface area contributed by atoms with Crippen LogP contribution in [0.5, 0.6) is 5.75 Å². The quantitative estimate of drug-likeness (QED) is 0.584. The number of benzene rings is 1. The number of carbonyl (C=O) groups excluding carboxylic acids is 3. The largest absolute Gasteiger partial charge is 0.507 e. The molecule has 3 rings (SSSR count). The number of piperidine rings is 1. The lowest BCUT2D eigenvalue weighted by atomic mass is 10.1. The molecule has 0 aromatic heterocycles. The zero-order valence-corrected chi connectivity index (χ0v) is 11.1. The monoisotopic (exact) mass is 290 g/mol. The maximum atomic E-state index is 12.3. The van der Waals surface area contributed by atoms with Crippen LogP contribution in [0.4, 0.5) is 0 Å². The molecular formula is C13H10N2O4S. The van der Waals surface area contributed by atoms with E-state index in [1.165, 1.54) is 18.2 Å². The molecule has 3 amide bonds. The van der Waals surface area contributed by atoms with Crippen molar-refractivity contribution in [2.24, 2.45) is 0 Å². The molecule has 2 aliphatic heterocycles. The average molecular weight is 290 g/mol. The van der Waals surface area contributed by atoms with E-state index in [1.54, 1.807) is 0 Å². The van der Waals surface area contributed by atoms with Gasteiger partial charge in [0.15, 0.2) is 0 Å². The Morgan fingerprint density at radius 1 is 1.25 bits per heavy atom. The number of phenolic OH excluding ortho intramolecular Hbond substituents is 1. The summed E-state index contributed by atoms with van der Waals surface area (Å²) in [5.41, 5.74) is 0.0781. The molecular weight excluding hydrogens is 280 g/mol. The molecule has 20 heavy (non-hydrogen) atoms. The van der Waals surface area contributed by atoms with E-state index >= 15 is 0 Å². The van der Waals surface area contributed by atoms with Crippen molar-refractivity contribution in [3.8, 4) is 5.75 Å². The predicted octanol–water partition coefficient (Wildman–Crippen LogP) is 0.594. The minimum Gasteiger partial charge on any atom is -0.507 e. The fourth-order valence-electron chi connectivity index (χ4n) is 2.50. The van der Waals surface area contributed by atoms with Gasteiger partial charge in [-0.1, -0.05) is 18.3 Å². The second kappa shape index (κ2) is 4.38. The molecule has 1 atom stereocenters. The Kier molecular flexibility index (Phi) is 2.79. The Bertz CT molecular complexity index is 670. The average Bonchev–Trinajstić information content (AvgIpc) is 2.64. The van der Waals surface area contributed by atoms with E-state index in [2.05, 4.69) is 5.32 Å². The van der Waals surface area contributed by atoms with Crippen molar-refractivity contribution >= 4 is 34.9 Å². The summed E-state index contributed by atoms with van der Waals surface area (Å²) in [6.45, 7) is 0. The highest BCUT2D eigenvalue weighted by Crippen LogP contribution is 2.32. The number of fused-ring (bicyclic) bond motifs is 1. The number of phenols is 1. The Morgan fingerprint density at radius 2 is 2.00 bits per heavy atom. The van der Waals surface area contributed by atoms with Gasteiger partial charge in [-0.05, 0) is 18.6 Å². The van der Waals surface area contributed by atoms with Crippen LogP contribution in [0.1, 0.15) is 33.6 Å². The lowest BCUT2D eigenvalue weighted by Crippen LogP contribution is -2.53. The summed E-state index contributed by atoms with van der Waals surface area (Å²) in [6, 6.07) is 3.40. The van der Waals surface area contributed by atoms with Gasteiger partial charge in [-0.3, -0.25) is 19.3 Å². The normalized spacial score (nSPS) is 22.0. The van der Waals surface area contributed by atoms with Gasteiger partial charge in [-0.25, -0.2) is 0 Å². The Hall–Kier alpha value is -2.28. The number of amides is 3. The van der Waals surface area contributed by atoms with Crippen molar-refractivity contribution in [1.82, 2.24) is 10.2 Å². The third-order valence-electron chi connectivity index (χ3n) is 3.45. The van der Waals surface area contributed by atoms with Gasteiger partial charge in [0.1, 0.15) is 11.8 Å². The van der Waals surface area contributed by atoms with Crippen LogP contribution in [0.15, 0.2) is 18.2 Å². The third-order valence-corrected chi connectivity index (χ3v) is 3.75. The van der Waals surface area contributed by atoms with Crippen LogP contribution in [-0.2, 0) is 4.79 Å². The van der Waals surface area contributed by atoms with E-state index < -0.39 is 23.8 Å². The number of aromatic hydroxyl groups is 1. The first-order valence-electron chi connectivity index (χ1n) is 6.04. The molecule has 1 aromatic rings. The van der Waals surface area contributed by atoms with Crippen molar-refractivity contribution in [3.05, 3.63) is 29.3 Å². The van der Waals surface area contributed by atoms with Gasteiger partial charge in [0.25, 0.3) is 11.8 Å². The minimum atomic E-state index is -0.881. The number of nitrogens with zero attached hydrogens (tertiary/aromatic N) is 1. The topological polar surface area (TPSA) is 86.7 Å². The highest BCUT2D eigenvalue weighted by molar-refractivity contribution is 7.80. The molecule has 0 spiro atoms. The summed E-state index contributed by atoms with van der Waals surface area (Å²) in [7, 11) is 0. The van der Waals surface area contributed by atoms with Crippen molar-refractivity contribution < 1.29 is 19.5 Å². The molecule has 102 valence electrons. The Balaban J connectivity index is 2.00. The summed E-state index contributed by atoms with van der Waals surface area (Å²) in [6.07, 6.45) is 0.738. The van der Waals surface area contributed by atoms with Gasteiger partial charge in [0.2, 0.25) is 5.91 Å². The Labute approximate surface area is 119 Å². The number of hydrogen-bond donors (Lipinski definition) is 2. The fourth-order valence-corrected chi connectivity index (χ4v) is 2.72. The lowest BCUT2D eigenvalue weighted by molar-refractivity contribution is -0.124. The smallest absolute Gasteiger partial charge is 0.266 e. The first-order valence-corrected chi connectivity index (χ1v) is 6.45.